The second-order valence-electron chi connectivity index (χ2n) is 2.76. The van der Waals surface area contributed by atoms with Gasteiger partial charge in [-0.3, -0.25) is 10.3 Å². The molecule has 0 fully saturated rings. The van der Waals surface area contributed by atoms with Crippen LogP contribution in [0.15, 0.2) is 18.5 Å². The summed E-state index contributed by atoms with van der Waals surface area (Å²) >= 11 is 4.89. The lowest BCUT2D eigenvalue weighted by molar-refractivity contribution is 0.177. The van der Waals surface area contributed by atoms with E-state index in [4.69, 9.17) is 12.2 Å². The van der Waals surface area contributed by atoms with Crippen LogP contribution in [0.4, 0.5) is 10.5 Å². The highest BCUT2D eigenvalue weighted by Crippen LogP contribution is 2.10. The van der Waals surface area contributed by atoms with Crippen molar-refractivity contribution in [3.05, 3.63) is 24.0 Å². The summed E-state index contributed by atoms with van der Waals surface area (Å²) in [4.78, 5) is 14.8. The Kier molecular flexibility index (Phi) is 3.99. The van der Waals surface area contributed by atoms with Gasteiger partial charge < -0.3 is 10.1 Å². The van der Waals surface area contributed by atoms with E-state index in [0.717, 1.165) is 11.3 Å². The largest absolute Gasteiger partial charge is 0.453 e. The SMILES string of the molecule is COC(=O)NC(=S)Nc1cnccc1C. The number of rotatable bonds is 1. The third kappa shape index (κ3) is 3.51. The molecule has 0 unspecified atom stereocenters. The summed E-state index contributed by atoms with van der Waals surface area (Å²) in [7, 11) is 1.27. The number of hydrogen-bond acceptors (Lipinski definition) is 4. The lowest BCUT2D eigenvalue weighted by atomic mass is 10.2. The van der Waals surface area contributed by atoms with Crippen molar-refractivity contribution in [3.8, 4) is 0 Å². The van der Waals surface area contributed by atoms with Crippen LogP contribution in [0.5, 0.6) is 0 Å². The molecule has 0 spiro atoms. The van der Waals surface area contributed by atoms with E-state index in [0.29, 0.717) is 0 Å². The van der Waals surface area contributed by atoms with E-state index in [1.807, 2.05) is 13.0 Å². The maximum absolute atomic E-state index is 10.8. The minimum atomic E-state index is -0.603. The summed E-state index contributed by atoms with van der Waals surface area (Å²) in [6.07, 6.45) is 2.70. The smallest absolute Gasteiger partial charge is 0.413 e. The Morgan fingerprint density at radius 1 is 1.60 bits per heavy atom. The average Bonchev–Trinajstić information content (AvgIpc) is 2.21. The molecule has 5 nitrogen and oxygen atoms in total. The molecule has 0 aromatic carbocycles. The summed E-state index contributed by atoms with van der Waals surface area (Å²) in [5.41, 5.74) is 1.73. The number of pyridine rings is 1. The van der Waals surface area contributed by atoms with Gasteiger partial charge in [0.15, 0.2) is 5.11 Å². The standard InChI is InChI=1S/C9H11N3O2S/c1-6-3-4-10-5-7(6)11-8(15)12-9(13)14-2/h3-5H,1-2H3,(H2,11,12,13,15). The maximum Gasteiger partial charge on any atom is 0.413 e. The first kappa shape index (κ1) is 11.4. The fourth-order valence-electron chi connectivity index (χ4n) is 0.892. The molecular formula is C9H11N3O2S. The van der Waals surface area contributed by atoms with Gasteiger partial charge in [0.25, 0.3) is 0 Å². The van der Waals surface area contributed by atoms with Gasteiger partial charge in [-0.2, -0.15) is 0 Å². The molecule has 1 aromatic rings. The average molecular weight is 225 g/mol. The summed E-state index contributed by atoms with van der Waals surface area (Å²) < 4.78 is 4.40. The number of nitrogens with one attached hydrogen (secondary N) is 2. The van der Waals surface area contributed by atoms with Crippen LogP contribution in [0.25, 0.3) is 0 Å². The highest BCUT2D eigenvalue weighted by molar-refractivity contribution is 7.80. The molecule has 80 valence electrons. The Hall–Kier alpha value is -1.69. The Morgan fingerprint density at radius 2 is 2.33 bits per heavy atom. The number of nitrogens with zero attached hydrogens (tertiary/aromatic N) is 1. The normalized spacial score (nSPS) is 9.20. The van der Waals surface area contributed by atoms with Crippen LogP contribution in [-0.2, 0) is 4.74 Å². The predicted octanol–water partition coefficient (Wildman–Crippen LogP) is 1.44. The van der Waals surface area contributed by atoms with Crippen LogP contribution in [0.3, 0.4) is 0 Å². The molecule has 1 rings (SSSR count). The molecule has 0 saturated heterocycles. The third-order valence-electron chi connectivity index (χ3n) is 1.69. The number of anilines is 1. The highest BCUT2D eigenvalue weighted by atomic mass is 32.1. The van der Waals surface area contributed by atoms with E-state index in [9.17, 15) is 4.79 Å². The fourth-order valence-corrected chi connectivity index (χ4v) is 1.09. The van der Waals surface area contributed by atoms with Gasteiger partial charge in [-0.05, 0) is 30.8 Å². The molecule has 0 atom stereocenters. The van der Waals surface area contributed by atoms with Crippen molar-refractivity contribution in [1.29, 1.82) is 0 Å². The molecule has 0 aliphatic heterocycles. The minimum Gasteiger partial charge on any atom is -0.453 e. The number of carbonyl (C=O) groups is 1. The number of amides is 1. The number of alkyl carbamates (subject to hydrolysis) is 1. The van der Waals surface area contributed by atoms with E-state index in [2.05, 4.69) is 20.4 Å². The van der Waals surface area contributed by atoms with E-state index < -0.39 is 6.09 Å². The molecule has 6 heteroatoms. The zero-order valence-electron chi connectivity index (χ0n) is 8.40. The molecule has 2 N–H and O–H groups in total. The second kappa shape index (κ2) is 5.26. The lowest BCUT2D eigenvalue weighted by Crippen LogP contribution is -2.34. The molecule has 0 bridgehead atoms. The Labute approximate surface area is 92.8 Å². The summed E-state index contributed by atoms with van der Waals surface area (Å²) in [5.74, 6) is 0. The van der Waals surface area contributed by atoms with Crippen LogP contribution in [0.2, 0.25) is 0 Å². The van der Waals surface area contributed by atoms with Crippen molar-refractivity contribution in [1.82, 2.24) is 10.3 Å². The van der Waals surface area contributed by atoms with Crippen molar-refractivity contribution in [2.24, 2.45) is 0 Å². The number of ether oxygens (including phenoxy) is 1. The monoisotopic (exact) mass is 225 g/mol. The molecule has 1 amide bonds. The van der Waals surface area contributed by atoms with Crippen molar-refractivity contribution in [2.75, 3.05) is 12.4 Å². The number of aryl methyl sites for hydroxylation is 1. The van der Waals surface area contributed by atoms with Gasteiger partial charge in [-0.15, -0.1) is 0 Å². The van der Waals surface area contributed by atoms with Crippen LogP contribution in [0, 0.1) is 6.92 Å². The Morgan fingerprint density at radius 3 is 2.93 bits per heavy atom. The topological polar surface area (TPSA) is 63.2 Å². The molecule has 0 saturated carbocycles. The van der Waals surface area contributed by atoms with E-state index >= 15 is 0 Å². The zero-order chi connectivity index (χ0) is 11.3. The van der Waals surface area contributed by atoms with Crippen LogP contribution < -0.4 is 10.6 Å². The van der Waals surface area contributed by atoms with Gasteiger partial charge in [0.2, 0.25) is 0 Å². The van der Waals surface area contributed by atoms with Gasteiger partial charge in [-0.1, -0.05) is 0 Å². The Bertz CT molecular complexity index is 381. The van der Waals surface area contributed by atoms with Crippen molar-refractivity contribution in [2.45, 2.75) is 6.92 Å². The number of hydrogen-bond donors (Lipinski definition) is 2. The minimum absolute atomic E-state index is 0.179. The summed E-state index contributed by atoms with van der Waals surface area (Å²) in [5, 5.41) is 5.35. The molecule has 1 aromatic heterocycles. The molecule has 0 radical (unpaired) electrons. The third-order valence-corrected chi connectivity index (χ3v) is 1.89. The fraction of sp³-hybridized carbons (Fsp3) is 0.222. The number of methoxy groups -OCH3 is 1. The van der Waals surface area contributed by atoms with Crippen molar-refractivity contribution < 1.29 is 9.53 Å². The number of aromatic nitrogens is 1. The van der Waals surface area contributed by atoms with E-state index in [1.165, 1.54) is 7.11 Å². The summed E-state index contributed by atoms with van der Waals surface area (Å²) in [6, 6.07) is 1.84. The summed E-state index contributed by atoms with van der Waals surface area (Å²) in [6.45, 7) is 1.91. The lowest BCUT2D eigenvalue weighted by Gasteiger charge is -2.09. The molecule has 1 heterocycles. The van der Waals surface area contributed by atoms with E-state index in [-0.39, 0.29) is 5.11 Å². The van der Waals surface area contributed by atoms with Crippen LogP contribution >= 0.6 is 12.2 Å². The van der Waals surface area contributed by atoms with Gasteiger partial charge in [0, 0.05) is 6.20 Å². The van der Waals surface area contributed by atoms with Crippen molar-refractivity contribution >= 4 is 29.1 Å². The molecule has 15 heavy (non-hydrogen) atoms. The first-order valence-electron chi connectivity index (χ1n) is 4.20. The van der Waals surface area contributed by atoms with Crippen LogP contribution in [-0.4, -0.2) is 23.3 Å². The number of thiocarbonyl (C=S) groups is 1. The van der Waals surface area contributed by atoms with E-state index in [1.54, 1.807) is 12.4 Å². The van der Waals surface area contributed by atoms with Gasteiger partial charge in [0.05, 0.1) is 19.0 Å². The zero-order valence-corrected chi connectivity index (χ0v) is 9.22. The number of carbonyl (C=O) groups excluding carboxylic acids is 1. The first-order chi connectivity index (χ1) is 7.13. The molecule has 0 aliphatic rings. The van der Waals surface area contributed by atoms with Gasteiger partial charge >= 0.3 is 6.09 Å². The maximum atomic E-state index is 10.8. The molecular weight excluding hydrogens is 214 g/mol. The van der Waals surface area contributed by atoms with Gasteiger partial charge in [-0.25, -0.2) is 4.79 Å². The van der Waals surface area contributed by atoms with Gasteiger partial charge in [0.1, 0.15) is 0 Å². The highest BCUT2D eigenvalue weighted by Gasteiger charge is 2.04. The second-order valence-corrected chi connectivity index (χ2v) is 3.17. The Balaban J connectivity index is 2.59. The quantitative estimate of drug-likeness (QED) is 0.708. The predicted molar refractivity (Wildman–Crippen MR) is 60.7 cm³/mol. The first-order valence-corrected chi connectivity index (χ1v) is 4.61. The molecule has 0 aliphatic carbocycles. The van der Waals surface area contributed by atoms with Crippen LogP contribution in [0.1, 0.15) is 5.56 Å². The van der Waals surface area contributed by atoms with Crippen molar-refractivity contribution in [3.63, 3.8) is 0 Å².